The minimum absolute atomic E-state index is 0.171. The van der Waals surface area contributed by atoms with E-state index < -0.39 is 29.6 Å². The lowest BCUT2D eigenvalue weighted by Crippen LogP contribution is -2.38. The molecule has 4 rings (SSSR count). The van der Waals surface area contributed by atoms with Gasteiger partial charge in [-0.05, 0) is 77.2 Å². The Balaban J connectivity index is 1.44. The number of ether oxygens (including phenoxy) is 4. The number of hydrogen-bond acceptors (Lipinski definition) is 10. The molecular formula is C27H28IN3O8S. The molecule has 212 valence electrons. The Hall–Kier alpha value is -3.30. The number of halogens is 1. The van der Waals surface area contributed by atoms with Crippen LogP contribution in [0.25, 0.3) is 6.08 Å². The van der Waals surface area contributed by atoms with Crippen molar-refractivity contribution in [2.45, 2.75) is 6.92 Å². The summed E-state index contributed by atoms with van der Waals surface area (Å²) in [5.41, 5.74) is 2.04. The number of carbonyl (C=O) groups excluding carboxylic acids is 4. The zero-order chi connectivity index (χ0) is 28.6. The third-order valence-corrected chi connectivity index (χ3v) is 7.60. The van der Waals surface area contributed by atoms with Gasteiger partial charge in [0.15, 0.2) is 18.1 Å². The first-order valence-electron chi connectivity index (χ1n) is 12.4. The summed E-state index contributed by atoms with van der Waals surface area (Å²) in [5.74, 6) is -0.853. The molecule has 13 heteroatoms. The summed E-state index contributed by atoms with van der Waals surface area (Å²) in [7, 11) is 1.45. The number of rotatable bonds is 10. The van der Waals surface area contributed by atoms with E-state index in [4.69, 9.17) is 18.9 Å². The van der Waals surface area contributed by atoms with Crippen LogP contribution >= 0.6 is 34.4 Å². The van der Waals surface area contributed by atoms with Gasteiger partial charge in [-0.25, -0.2) is 4.79 Å². The van der Waals surface area contributed by atoms with E-state index in [-0.39, 0.29) is 18.1 Å². The molecule has 2 fully saturated rings. The van der Waals surface area contributed by atoms with Crippen LogP contribution in [0.15, 0.2) is 41.3 Å². The van der Waals surface area contributed by atoms with Gasteiger partial charge in [-0.1, -0.05) is 12.1 Å². The average Bonchev–Trinajstić information content (AvgIpc) is 3.20. The topological polar surface area (TPSA) is 124 Å². The number of amides is 3. The van der Waals surface area contributed by atoms with Crippen molar-refractivity contribution < 1.29 is 38.1 Å². The number of nitrogens with one attached hydrogen (secondary N) is 1. The number of anilines is 2. The van der Waals surface area contributed by atoms with E-state index in [0.29, 0.717) is 52.6 Å². The normalized spacial score (nSPS) is 16.3. The van der Waals surface area contributed by atoms with Gasteiger partial charge in [0.05, 0.1) is 46.8 Å². The maximum Gasteiger partial charge on any atom is 0.344 e. The van der Waals surface area contributed by atoms with Crippen molar-refractivity contribution in [3.05, 3.63) is 50.4 Å². The molecule has 0 aliphatic carbocycles. The highest BCUT2D eigenvalue weighted by atomic mass is 127. The maximum absolute atomic E-state index is 13.1. The monoisotopic (exact) mass is 681 g/mol. The molecule has 2 aromatic carbocycles. The van der Waals surface area contributed by atoms with E-state index in [2.05, 4.69) is 10.2 Å². The van der Waals surface area contributed by atoms with Crippen molar-refractivity contribution in [3.63, 3.8) is 0 Å². The van der Waals surface area contributed by atoms with Crippen LogP contribution in [0.5, 0.6) is 11.5 Å². The van der Waals surface area contributed by atoms with E-state index in [1.807, 2.05) is 40.8 Å². The van der Waals surface area contributed by atoms with Crippen LogP contribution in [0.1, 0.15) is 12.5 Å². The molecule has 40 heavy (non-hydrogen) atoms. The van der Waals surface area contributed by atoms with Crippen LogP contribution in [-0.2, 0) is 23.9 Å². The molecule has 0 bridgehead atoms. The molecule has 3 amide bonds. The Morgan fingerprint density at radius 3 is 2.65 bits per heavy atom. The number of esters is 1. The van der Waals surface area contributed by atoms with Crippen LogP contribution < -0.4 is 19.7 Å². The zero-order valence-corrected chi connectivity index (χ0v) is 24.9. The molecule has 0 radical (unpaired) electrons. The number of methoxy groups -OCH3 is 1. The Morgan fingerprint density at radius 1 is 1.18 bits per heavy atom. The van der Waals surface area contributed by atoms with Crippen LogP contribution in [0.2, 0.25) is 0 Å². The highest BCUT2D eigenvalue weighted by molar-refractivity contribution is 14.1. The molecule has 11 nitrogen and oxygen atoms in total. The second-order valence-corrected chi connectivity index (χ2v) is 10.7. The number of imide groups is 1. The van der Waals surface area contributed by atoms with Gasteiger partial charge in [0, 0.05) is 13.1 Å². The van der Waals surface area contributed by atoms with Gasteiger partial charge < -0.3 is 29.2 Å². The maximum atomic E-state index is 13.1. The number of nitrogens with zero attached hydrogens (tertiary/aromatic N) is 2. The van der Waals surface area contributed by atoms with Gasteiger partial charge >= 0.3 is 5.97 Å². The summed E-state index contributed by atoms with van der Waals surface area (Å²) in [6.45, 7) is 3.84. The van der Waals surface area contributed by atoms with Crippen LogP contribution in [0, 0.1) is 3.57 Å². The van der Waals surface area contributed by atoms with E-state index >= 15 is 0 Å². The Labute approximate surface area is 249 Å². The van der Waals surface area contributed by atoms with Crippen molar-refractivity contribution in [2.75, 3.05) is 63.4 Å². The number of para-hydroxylation sites is 2. The van der Waals surface area contributed by atoms with Gasteiger partial charge in [-0.2, -0.15) is 0 Å². The van der Waals surface area contributed by atoms with Crippen molar-refractivity contribution in [1.82, 2.24) is 4.90 Å². The SMILES string of the molecule is CCOC(=O)COc1c(I)cc(/C=C2/SC(=O)N(CC(=O)Nc3ccccc3N3CCOCC3)C2=O)cc1OC. The fourth-order valence-corrected chi connectivity index (χ4v) is 5.70. The van der Waals surface area contributed by atoms with Gasteiger partial charge in [-0.15, -0.1) is 0 Å². The number of benzene rings is 2. The molecule has 2 saturated heterocycles. The molecule has 2 heterocycles. The first kappa shape index (κ1) is 29.7. The molecule has 1 N–H and O–H groups in total. The zero-order valence-electron chi connectivity index (χ0n) is 21.9. The molecule has 2 aliphatic rings. The summed E-state index contributed by atoms with van der Waals surface area (Å²) in [6.07, 6.45) is 1.55. The van der Waals surface area contributed by atoms with Crippen LogP contribution in [-0.4, -0.2) is 81.1 Å². The quantitative estimate of drug-likeness (QED) is 0.225. The average molecular weight is 682 g/mol. The second kappa shape index (κ2) is 13.9. The van der Waals surface area contributed by atoms with Gasteiger partial charge in [0.1, 0.15) is 6.54 Å². The van der Waals surface area contributed by atoms with E-state index in [1.165, 1.54) is 7.11 Å². The molecular weight excluding hydrogens is 653 g/mol. The third kappa shape index (κ3) is 7.26. The van der Waals surface area contributed by atoms with Crippen LogP contribution in [0.4, 0.5) is 16.2 Å². The molecule has 0 saturated carbocycles. The lowest BCUT2D eigenvalue weighted by Gasteiger charge is -2.30. The molecule has 2 aliphatic heterocycles. The van der Waals surface area contributed by atoms with Gasteiger partial charge in [0.2, 0.25) is 5.91 Å². The fourth-order valence-electron chi connectivity index (χ4n) is 4.08. The van der Waals surface area contributed by atoms with E-state index in [1.54, 1.807) is 31.2 Å². The summed E-state index contributed by atoms with van der Waals surface area (Å²) in [5, 5.41) is 2.30. The van der Waals surface area contributed by atoms with Crippen molar-refractivity contribution in [3.8, 4) is 11.5 Å². The third-order valence-electron chi connectivity index (χ3n) is 5.89. The smallest absolute Gasteiger partial charge is 0.344 e. The minimum atomic E-state index is -0.566. The second-order valence-electron chi connectivity index (χ2n) is 8.56. The van der Waals surface area contributed by atoms with E-state index in [0.717, 1.165) is 22.3 Å². The largest absolute Gasteiger partial charge is 0.493 e. The van der Waals surface area contributed by atoms with Gasteiger partial charge in [-0.3, -0.25) is 19.3 Å². The number of hydrogen-bond donors (Lipinski definition) is 1. The summed E-state index contributed by atoms with van der Waals surface area (Å²) < 4.78 is 21.9. The first-order chi connectivity index (χ1) is 19.3. The summed E-state index contributed by atoms with van der Waals surface area (Å²) >= 11 is 2.78. The predicted octanol–water partition coefficient (Wildman–Crippen LogP) is 3.75. The molecule has 0 unspecified atom stereocenters. The Kier molecular flexibility index (Phi) is 10.3. The standard InChI is InChI=1S/C27H28IN3O8S/c1-3-38-24(33)16-39-25-18(28)12-17(13-21(25)36-2)14-22-26(34)31(27(35)40-22)15-23(32)29-19-6-4-5-7-20(19)30-8-10-37-11-9-30/h4-7,12-14H,3,8-11,15-16H2,1-2H3,(H,29,32)/b22-14+. The van der Waals surface area contributed by atoms with Crippen molar-refractivity contribution >= 4 is 74.8 Å². The number of morpholine rings is 1. The van der Waals surface area contributed by atoms with Crippen molar-refractivity contribution in [1.29, 1.82) is 0 Å². The van der Waals surface area contributed by atoms with E-state index in [9.17, 15) is 19.2 Å². The summed E-state index contributed by atoms with van der Waals surface area (Å²) in [4.78, 5) is 53.5. The van der Waals surface area contributed by atoms with Gasteiger partial charge in [0.25, 0.3) is 11.1 Å². The highest BCUT2D eigenvalue weighted by Gasteiger charge is 2.36. The summed E-state index contributed by atoms with van der Waals surface area (Å²) in [6, 6.07) is 10.7. The highest BCUT2D eigenvalue weighted by Crippen LogP contribution is 2.37. The molecule has 0 spiro atoms. The lowest BCUT2D eigenvalue weighted by atomic mass is 10.2. The predicted molar refractivity (Wildman–Crippen MR) is 159 cm³/mol. The fraction of sp³-hybridized carbons (Fsp3) is 0.333. The number of thioether (sulfide) groups is 1. The minimum Gasteiger partial charge on any atom is -0.493 e. The number of carbonyl (C=O) groups is 4. The first-order valence-corrected chi connectivity index (χ1v) is 14.3. The van der Waals surface area contributed by atoms with Crippen molar-refractivity contribution in [2.24, 2.45) is 0 Å². The Morgan fingerprint density at radius 2 is 1.93 bits per heavy atom. The lowest BCUT2D eigenvalue weighted by molar-refractivity contribution is -0.145. The molecule has 0 aromatic heterocycles. The molecule has 0 atom stereocenters. The van der Waals surface area contributed by atoms with Crippen LogP contribution in [0.3, 0.4) is 0 Å². The molecule has 2 aromatic rings. The Bertz CT molecular complexity index is 1330.